The Morgan fingerprint density at radius 1 is 1.21 bits per heavy atom. The SMILES string of the molecule is CC(C)CNC(=O)NCc1cccc(OC(C)C)c1. The first-order chi connectivity index (χ1) is 8.97. The zero-order chi connectivity index (χ0) is 14.3. The molecule has 0 atom stereocenters. The normalized spacial score (nSPS) is 10.6. The second-order valence-corrected chi connectivity index (χ2v) is 5.27. The lowest BCUT2D eigenvalue weighted by atomic mass is 10.2. The number of urea groups is 1. The molecule has 0 aliphatic carbocycles. The van der Waals surface area contributed by atoms with Gasteiger partial charge in [-0.15, -0.1) is 0 Å². The molecule has 0 saturated carbocycles. The molecule has 0 saturated heterocycles. The highest BCUT2D eigenvalue weighted by Gasteiger charge is 2.03. The number of hydrogen-bond acceptors (Lipinski definition) is 2. The molecule has 106 valence electrons. The molecule has 0 spiro atoms. The lowest BCUT2D eigenvalue weighted by Gasteiger charge is -2.12. The highest BCUT2D eigenvalue weighted by Crippen LogP contribution is 2.14. The Balaban J connectivity index is 2.42. The minimum Gasteiger partial charge on any atom is -0.491 e. The van der Waals surface area contributed by atoms with Crippen molar-refractivity contribution in [2.75, 3.05) is 6.54 Å². The fourth-order valence-electron chi connectivity index (χ4n) is 1.54. The van der Waals surface area contributed by atoms with Crippen molar-refractivity contribution >= 4 is 6.03 Å². The van der Waals surface area contributed by atoms with Crippen LogP contribution in [0.15, 0.2) is 24.3 Å². The average molecular weight is 264 g/mol. The van der Waals surface area contributed by atoms with E-state index in [0.29, 0.717) is 19.0 Å². The molecule has 0 radical (unpaired) electrons. The summed E-state index contributed by atoms with van der Waals surface area (Å²) in [5, 5.41) is 5.65. The van der Waals surface area contributed by atoms with Gasteiger partial charge in [-0.25, -0.2) is 4.79 Å². The molecule has 0 aromatic heterocycles. The van der Waals surface area contributed by atoms with E-state index in [1.165, 1.54) is 0 Å². The van der Waals surface area contributed by atoms with Gasteiger partial charge >= 0.3 is 6.03 Å². The Labute approximate surface area is 115 Å². The molecule has 0 fully saturated rings. The highest BCUT2D eigenvalue weighted by atomic mass is 16.5. The number of nitrogens with one attached hydrogen (secondary N) is 2. The van der Waals surface area contributed by atoms with E-state index in [1.807, 2.05) is 38.1 Å². The Hall–Kier alpha value is -1.71. The number of hydrogen-bond donors (Lipinski definition) is 2. The van der Waals surface area contributed by atoms with Crippen molar-refractivity contribution in [1.82, 2.24) is 10.6 Å². The summed E-state index contributed by atoms with van der Waals surface area (Å²) in [7, 11) is 0. The Morgan fingerprint density at radius 2 is 1.95 bits per heavy atom. The zero-order valence-electron chi connectivity index (χ0n) is 12.2. The molecule has 1 aromatic rings. The number of benzene rings is 1. The maximum atomic E-state index is 11.5. The van der Waals surface area contributed by atoms with Gasteiger partial charge in [-0.3, -0.25) is 0 Å². The van der Waals surface area contributed by atoms with Gasteiger partial charge in [0.2, 0.25) is 0 Å². The first kappa shape index (κ1) is 15.3. The van der Waals surface area contributed by atoms with E-state index in [9.17, 15) is 4.79 Å². The second-order valence-electron chi connectivity index (χ2n) is 5.27. The van der Waals surface area contributed by atoms with Crippen LogP contribution in [0.5, 0.6) is 5.75 Å². The molecule has 0 unspecified atom stereocenters. The van der Waals surface area contributed by atoms with Crippen LogP contribution in [0, 0.1) is 5.92 Å². The van der Waals surface area contributed by atoms with Gasteiger partial charge in [-0.05, 0) is 37.5 Å². The fraction of sp³-hybridized carbons (Fsp3) is 0.533. The van der Waals surface area contributed by atoms with Crippen molar-refractivity contribution in [2.24, 2.45) is 5.92 Å². The summed E-state index contributed by atoms with van der Waals surface area (Å²) in [6, 6.07) is 7.63. The smallest absolute Gasteiger partial charge is 0.315 e. The summed E-state index contributed by atoms with van der Waals surface area (Å²) in [5.74, 6) is 1.28. The van der Waals surface area contributed by atoms with Crippen molar-refractivity contribution < 1.29 is 9.53 Å². The van der Waals surface area contributed by atoms with Crippen molar-refractivity contribution in [3.63, 3.8) is 0 Å². The highest BCUT2D eigenvalue weighted by molar-refractivity contribution is 5.73. The summed E-state index contributed by atoms with van der Waals surface area (Å²) >= 11 is 0. The van der Waals surface area contributed by atoms with Gasteiger partial charge < -0.3 is 15.4 Å². The van der Waals surface area contributed by atoms with Crippen molar-refractivity contribution in [1.29, 1.82) is 0 Å². The Bertz CT molecular complexity index is 403. The van der Waals surface area contributed by atoms with Crippen LogP contribution >= 0.6 is 0 Å². The van der Waals surface area contributed by atoms with E-state index in [0.717, 1.165) is 11.3 Å². The fourth-order valence-corrected chi connectivity index (χ4v) is 1.54. The van der Waals surface area contributed by atoms with Crippen LogP contribution in [-0.2, 0) is 6.54 Å². The van der Waals surface area contributed by atoms with Crippen LogP contribution in [0.1, 0.15) is 33.3 Å². The first-order valence-electron chi connectivity index (χ1n) is 6.74. The molecule has 0 heterocycles. The summed E-state index contributed by atoms with van der Waals surface area (Å²) < 4.78 is 5.61. The van der Waals surface area contributed by atoms with E-state index >= 15 is 0 Å². The topological polar surface area (TPSA) is 50.4 Å². The number of carbonyl (C=O) groups is 1. The summed E-state index contributed by atoms with van der Waals surface area (Å²) in [5.41, 5.74) is 1.03. The third-order valence-corrected chi connectivity index (χ3v) is 2.39. The first-order valence-corrected chi connectivity index (χ1v) is 6.74. The van der Waals surface area contributed by atoms with Crippen molar-refractivity contribution in [3.8, 4) is 5.75 Å². The molecule has 4 heteroatoms. The van der Waals surface area contributed by atoms with Gasteiger partial charge in [0.1, 0.15) is 5.75 Å². The molecular formula is C15H24N2O2. The van der Waals surface area contributed by atoms with E-state index in [2.05, 4.69) is 24.5 Å². The summed E-state index contributed by atoms with van der Waals surface area (Å²) in [6.07, 6.45) is 0.151. The third kappa shape index (κ3) is 6.70. The number of ether oxygens (including phenoxy) is 1. The molecule has 0 bridgehead atoms. The summed E-state index contributed by atoms with van der Waals surface area (Å²) in [4.78, 5) is 11.5. The minimum absolute atomic E-state index is 0.135. The molecule has 2 N–H and O–H groups in total. The van der Waals surface area contributed by atoms with Crippen LogP contribution in [0.25, 0.3) is 0 Å². The van der Waals surface area contributed by atoms with Gasteiger partial charge in [0.15, 0.2) is 0 Å². The van der Waals surface area contributed by atoms with Gasteiger partial charge in [0.05, 0.1) is 6.10 Å². The van der Waals surface area contributed by atoms with Crippen molar-refractivity contribution in [3.05, 3.63) is 29.8 Å². The monoisotopic (exact) mass is 264 g/mol. The van der Waals surface area contributed by atoms with Gasteiger partial charge in [-0.2, -0.15) is 0 Å². The van der Waals surface area contributed by atoms with Gasteiger partial charge in [0, 0.05) is 13.1 Å². The largest absolute Gasteiger partial charge is 0.491 e. The maximum Gasteiger partial charge on any atom is 0.315 e. The van der Waals surface area contributed by atoms with Crippen molar-refractivity contribution in [2.45, 2.75) is 40.3 Å². The van der Waals surface area contributed by atoms with E-state index in [4.69, 9.17) is 4.74 Å². The second kappa shape index (κ2) is 7.67. The molecule has 2 amide bonds. The predicted octanol–water partition coefficient (Wildman–Crippen LogP) is 2.93. The molecule has 1 rings (SSSR count). The van der Waals surface area contributed by atoms with E-state index in [-0.39, 0.29) is 12.1 Å². The molecule has 1 aromatic carbocycles. The third-order valence-electron chi connectivity index (χ3n) is 2.39. The molecule has 0 aliphatic rings. The molecule has 4 nitrogen and oxygen atoms in total. The predicted molar refractivity (Wildman–Crippen MR) is 77.3 cm³/mol. The summed E-state index contributed by atoms with van der Waals surface area (Å²) in [6.45, 7) is 9.29. The van der Waals surface area contributed by atoms with Crippen LogP contribution in [0.3, 0.4) is 0 Å². The van der Waals surface area contributed by atoms with Crippen LogP contribution in [0.4, 0.5) is 4.79 Å². The Morgan fingerprint density at radius 3 is 2.58 bits per heavy atom. The van der Waals surface area contributed by atoms with Gasteiger partial charge in [-0.1, -0.05) is 26.0 Å². The number of rotatable bonds is 6. The van der Waals surface area contributed by atoms with Crippen LogP contribution in [-0.4, -0.2) is 18.7 Å². The zero-order valence-corrected chi connectivity index (χ0v) is 12.2. The maximum absolute atomic E-state index is 11.5. The Kier molecular flexibility index (Phi) is 6.19. The lowest BCUT2D eigenvalue weighted by Crippen LogP contribution is -2.36. The van der Waals surface area contributed by atoms with Crippen LogP contribution < -0.4 is 15.4 Å². The van der Waals surface area contributed by atoms with Crippen LogP contribution in [0.2, 0.25) is 0 Å². The van der Waals surface area contributed by atoms with E-state index in [1.54, 1.807) is 0 Å². The van der Waals surface area contributed by atoms with E-state index < -0.39 is 0 Å². The molecule has 0 aliphatic heterocycles. The number of carbonyl (C=O) groups excluding carboxylic acids is 1. The number of amides is 2. The molecule has 19 heavy (non-hydrogen) atoms. The molecular weight excluding hydrogens is 240 g/mol. The standard InChI is InChI=1S/C15H24N2O2/c1-11(2)9-16-15(18)17-10-13-6-5-7-14(8-13)19-12(3)4/h5-8,11-12H,9-10H2,1-4H3,(H2,16,17,18). The van der Waals surface area contributed by atoms with Gasteiger partial charge in [0.25, 0.3) is 0 Å². The average Bonchev–Trinajstić information content (AvgIpc) is 2.33. The quantitative estimate of drug-likeness (QED) is 0.830. The minimum atomic E-state index is -0.135. The lowest BCUT2D eigenvalue weighted by molar-refractivity contribution is 0.238.